The molecule has 2 N–H and O–H groups in total. The molecule has 0 amide bonds. The summed E-state index contributed by atoms with van der Waals surface area (Å²) in [5.41, 5.74) is 0. The predicted octanol–water partition coefficient (Wildman–Crippen LogP) is 5.56. The van der Waals surface area contributed by atoms with Crippen LogP contribution in [0.3, 0.4) is 0 Å². The Morgan fingerprint density at radius 2 is 0.742 bits per heavy atom. The SMILES string of the molecule is O=P(O)(O)CCC(F)(F)C(F)(F)C(F)(F)C(F)(F)C(F)(F)C(F)(F)C(F)(F)C(F)(F)F. The van der Waals surface area contributed by atoms with Crippen molar-refractivity contribution in [1.29, 1.82) is 0 Å². The third-order valence-corrected chi connectivity index (χ3v) is 4.31. The van der Waals surface area contributed by atoms with E-state index in [0.717, 1.165) is 0 Å². The molecule has 0 aromatic heterocycles. The van der Waals surface area contributed by atoms with Crippen molar-refractivity contribution in [2.75, 3.05) is 6.16 Å². The highest BCUT2D eigenvalue weighted by atomic mass is 31.2. The van der Waals surface area contributed by atoms with Gasteiger partial charge in [0.15, 0.2) is 0 Å². The standard InChI is InChI=1S/C10H6F17O3P/c11-3(12,1-2-31(28,29)30)4(13,14)5(15,16)6(17,18)7(19,20)8(21,22)9(23,24)10(25,26)27/h1-2H2,(H2,28,29,30). The van der Waals surface area contributed by atoms with Crippen LogP contribution in [0.25, 0.3) is 0 Å². The molecule has 0 aromatic rings. The van der Waals surface area contributed by atoms with Crippen molar-refractivity contribution in [2.45, 2.75) is 54.1 Å². The summed E-state index contributed by atoms with van der Waals surface area (Å²) in [5, 5.41) is 0. The zero-order valence-corrected chi connectivity index (χ0v) is 14.5. The Bertz CT molecular complexity index is 705. The Hall–Kier alpha value is -1.04. The lowest BCUT2D eigenvalue weighted by Gasteiger charge is -2.42. The van der Waals surface area contributed by atoms with E-state index in [1.807, 2.05) is 0 Å². The molecule has 21 heteroatoms. The van der Waals surface area contributed by atoms with E-state index < -0.39 is 67.8 Å². The second kappa shape index (κ2) is 7.50. The Morgan fingerprint density at radius 1 is 0.484 bits per heavy atom. The van der Waals surface area contributed by atoms with Gasteiger partial charge in [0.1, 0.15) is 0 Å². The predicted molar refractivity (Wildman–Crippen MR) is 62.2 cm³/mol. The molecule has 0 heterocycles. The lowest BCUT2D eigenvalue weighted by atomic mass is 9.88. The first-order chi connectivity index (χ1) is 13.0. The van der Waals surface area contributed by atoms with Gasteiger partial charge < -0.3 is 9.79 Å². The van der Waals surface area contributed by atoms with Crippen molar-refractivity contribution < 1.29 is 89.0 Å². The normalized spacial score (nSPS) is 16.6. The average Bonchev–Trinajstić information content (AvgIpc) is 2.50. The minimum atomic E-state index is -8.73. The van der Waals surface area contributed by atoms with Gasteiger partial charge in [-0.3, -0.25) is 4.57 Å². The summed E-state index contributed by atoms with van der Waals surface area (Å²) in [5.74, 6) is -57.4. The van der Waals surface area contributed by atoms with Crippen molar-refractivity contribution in [3.05, 3.63) is 0 Å². The molecule has 0 bridgehead atoms. The molecule has 0 aliphatic heterocycles. The molecule has 0 radical (unpaired) electrons. The number of hydrogen-bond donors (Lipinski definition) is 2. The van der Waals surface area contributed by atoms with Crippen LogP contribution in [0.4, 0.5) is 74.6 Å². The third kappa shape index (κ3) is 4.43. The van der Waals surface area contributed by atoms with Crippen LogP contribution in [0.15, 0.2) is 0 Å². The molecule has 0 fully saturated rings. The van der Waals surface area contributed by atoms with Gasteiger partial charge in [0.2, 0.25) is 0 Å². The Labute approximate surface area is 158 Å². The van der Waals surface area contributed by atoms with E-state index in [1.54, 1.807) is 0 Å². The van der Waals surface area contributed by atoms with Gasteiger partial charge in [0, 0.05) is 6.42 Å². The largest absolute Gasteiger partial charge is 0.460 e. The van der Waals surface area contributed by atoms with Crippen LogP contribution in [0, 0.1) is 0 Å². The summed E-state index contributed by atoms with van der Waals surface area (Å²) in [6, 6.07) is 0. The highest BCUT2D eigenvalue weighted by molar-refractivity contribution is 7.51. The minimum Gasteiger partial charge on any atom is -0.324 e. The van der Waals surface area contributed by atoms with Gasteiger partial charge in [0.05, 0.1) is 6.16 Å². The van der Waals surface area contributed by atoms with Crippen LogP contribution < -0.4 is 0 Å². The van der Waals surface area contributed by atoms with Crippen LogP contribution in [0.5, 0.6) is 0 Å². The summed E-state index contributed by atoms with van der Waals surface area (Å²) in [4.78, 5) is 16.4. The molecular formula is C10H6F17O3P. The van der Waals surface area contributed by atoms with Gasteiger partial charge in [-0.15, -0.1) is 0 Å². The summed E-state index contributed by atoms with van der Waals surface area (Å²) >= 11 is 0. The Balaban J connectivity index is 6.59. The minimum absolute atomic E-state index is 2.48. The van der Waals surface area contributed by atoms with E-state index >= 15 is 0 Å². The smallest absolute Gasteiger partial charge is 0.324 e. The van der Waals surface area contributed by atoms with E-state index in [0.29, 0.717) is 0 Å². The lowest BCUT2D eigenvalue weighted by molar-refractivity contribution is -0.461. The molecule has 188 valence electrons. The lowest BCUT2D eigenvalue weighted by Crippen LogP contribution is -2.74. The monoisotopic (exact) mass is 528 g/mol. The first kappa shape index (κ1) is 30.0. The van der Waals surface area contributed by atoms with Crippen molar-refractivity contribution in [2.24, 2.45) is 0 Å². The fraction of sp³-hybridized carbons (Fsp3) is 1.00. The number of rotatable bonds is 9. The highest BCUT2D eigenvalue weighted by Crippen LogP contribution is 2.64. The summed E-state index contributed by atoms with van der Waals surface area (Å²) in [6.45, 7) is 0. The van der Waals surface area contributed by atoms with Gasteiger partial charge in [-0.1, -0.05) is 0 Å². The molecule has 0 spiro atoms. The van der Waals surface area contributed by atoms with Crippen LogP contribution in [-0.2, 0) is 4.57 Å². The molecule has 0 atom stereocenters. The molecule has 0 aliphatic carbocycles. The van der Waals surface area contributed by atoms with Crippen LogP contribution in [0.2, 0.25) is 0 Å². The number of alkyl halides is 17. The molecular weight excluding hydrogens is 522 g/mol. The Kier molecular flexibility index (Phi) is 7.24. The van der Waals surface area contributed by atoms with Gasteiger partial charge in [-0.25, -0.2) is 0 Å². The first-order valence-corrected chi connectivity index (χ1v) is 8.51. The average molecular weight is 528 g/mol. The topological polar surface area (TPSA) is 57.5 Å². The molecule has 0 rings (SSSR count). The summed E-state index contributed by atoms with van der Waals surface area (Å²) in [7, 11) is -5.76. The molecule has 0 aliphatic rings. The molecule has 3 nitrogen and oxygen atoms in total. The molecule has 0 saturated carbocycles. The zero-order valence-electron chi connectivity index (χ0n) is 13.6. The van der Waals surface area contributed by atoms with Gasteiger partial charge >= 0.3 is 55.2 Å². The molecule has 0 aromatic carbocycles. The fourth-order valence-corrected chi connectivity index (χ4v) is 2.21. The van der Waals surface area contributed by atoms with Crippen molar-refractivity contribution in [3.8, 4) is 0 Å². The third-order valence-electron chi connectivity index (χ3n) is 3.50. The van der Waals surface area contributed by atoms with Crippen molar-refractivity contribution in [3.63, 3.8) is 0 Å². The van der Waals surface area contributed by atoms with E-state index in [9.17, 15) is 79.2 Å². The highest BCUT2D eigenvalue weighted by Gasteiger charge is 2.95. The van der Waals surface area contributed by atoms with E-state index in [-0.39, 0.29) is 0 Å². The second-order valence-electron chi connectivity index (χ2n) is 5.79. The molecule has 31 heavy (non-hydrogen) atoms. The van der Waals surface area contributed by atoms with E-state index in [1.165, 1.54) is 0 Å². The fourth-order valence-electron chi connectivity index (χ4n) is 1.64. The maximum Gasteiger partial charge on any atom is 0.460 e. The second-order valence-corrected chi connectivity index (χ2v) is 7.56. The van der Waals surface area contributed by atoms with E-state index in [2.05, 4.69) is 0 Å². The maximum atomic E-state index is 13.3. The van der Waals surface area contributed by atoms with Crippen LogP contribution >= 0.6 is 7.60 Å². The van der Waals surface area contributed by atoms with Gasteiger partial charge in [-0.2, -0.15) is 74.6 Å². The first-order valence-electron chi connectivity index (χ1n) is 6.72. The van der Waals surface area contributed by atoms with Crippen LogP contribution in [-0.4, -0.2) is 63.6 Å². The van der Waals surface area contributed by atoms with Crippen molar-refractivity contribution in [1.82, 2.24) is 0 Å². The van der Waals surface area contributed by atoms with Crippen LogP contribution in [0.1, 0.15) is 6.42 Å². The van der Waals surface area contributed by atoms with E-state index in [4.69, 9.17) is 9.79 Å². The molecule has 0 saturated heterocycles. The Morgan fingerprint density at radius 3 is 1.00 bits per heavy atom. The van der Waals surface area contributed by atoms with Gasteiger partial charge in [0.25, 0.3) is 0 Å². The number of hydrogen-bond acceptors (Lipinski definition) is 1. The zero-order chi connectivity index (χ0) is 25.9. The molecule has 0 unspecified atom stereocenters. The van der Waals surface area contributed by atoms with Crippen molar-refractivity contribution >= 4 is 7.60 Å². The maximum absolute atomic E-state index is 13.3. The summed E-state index contributed by atoms with van der Waals surface area (Å²) in [6.07, 6.45) is -13.5. The van der Waals surface area contributed by atoms with Gasteiger partial charge in [-0.05, 0) is 0 Å². The number of halogens is 17. The summed E-state index contributed by atoms with van der Waals surface area (Å²) < 4.78 is 229. The quantitative estimate of drug-likeness (QED) is 0.305.